The van der Waals surface area contributed by atoms with Crippen molar-refractivity contribution in [1.29, 1.82) is 0 Å². The molecule has 0 saturated carbocycles. The summed E-state index contributed by atoms with van der Waals surface area (Å²) in [4.78, 5) is 16.5. The minimum Gasteiger partial charge on any atom is -0.332 e. The lowest BCUT2D eigenvalue weighted by Gasteiger charge is -2.27. The van der Waals surface area contributed by atoms with E-state index in [0.717, 1.165) is 31.1 Å². The van der Waals surface area contributed by atoms with Crippen LogP contribution in [0.4, 0.5) is 13.2 Å². The number of nitrogens with zero attached hydrogens (tertiary/aromatic N) is 3. The number of aromatic nitrogens is 2. The number of hydrogen-bond acceptors (Lipinski definition) is 3. The maximum Gasteiger partial charge on any atom is 0.432 e. The van der Waals surface area contributed by atoms with Crippen LogP contribution in [0.3, 0.4) is 0 Å². The molecule has 0 fully saturated rings. The molecule has 2 rings (SSSR count). The summed E-state index contributed by atoms with van der Waals surface area (Å²) >= 11 is 6.20. The summed E-state index contributed by atoms with van der Waals surface area (Å²) in [7, 11) is 0. The van der Waals surface area contributed by atoms with E-state index in [1.165, 1.54) is 4.90 Å². The van der Waals surface area contributed by atoms with E-state index in [9.17, 15) is 18.0 Å². The minimum absolute atomic E-state index is 0.191. The van der Waals surface area contributed by atoms with E-state index < -0.39 is 17.8 Å². The Morgan fingerprint density at radius 1 is 1.18 bits per heavy atom. The third-order valence-electron chi connectivity index (χ3n) is 4.38. The molecule has 1 aromatic heterocycles. The van der Waals surface area contributed by atoms with Gasteiger partial charge in [0.25, 0.3) is 5.91 Å². The van der Waals surface area contributed by atoms with Gasteiger partial charge in [-0.25, -0.2) is 0 Å². The largest absolute Gasteiger partial charge is 0.432 e. The molecule has 9 heteroatoms. The average molecular weight is 417 g/mol. The second-order valence-corrected chi connectivity index (χ2v) is 6.82. The fraction of sp³-hybridized carbons (Fsp3) is 0.474. The monoisotopic (exact) mass is 416 g/mol. The molecule has 28 heavy (non-hydrogen) atoms. The zero-order valence-electron chi connectivity index (χ0n) is 15.9. The van der Waals surface area contributed by atoms with Gasteiger partial charge in [-0.15, -0.1) is 0 Å². The van der Waals surface area contributed by atoms with Crippen molar-refractivity contribution in [2.45, 2.75) is 33.0 Å². The molecule has 5 nitrogen and oxygen atoms in total. The molecule has 1 aromatic carbocycles. The number of nitrogens with one attached hydrogen (secondary N) is 1. The Morgan fingerprint density at radius 2 is 1.89 bits per heavy atom. The Balaban J connectivity index is 2.22. The number of carbonyl (C=O) groups excluding carboxylic acids is 1. The van der Waals surface area contributed by atoms with Crippen molar-refractivity contribution in [2.75, 3.05) is 26.2 Å². The third-order valence-corrected chi connectivity index (χ3v) is 4.75. The van der Waals surface area contributed by atoms with Crippen molar-refractivity contribution in [3.05, 3.63) is 52.3 Å². The highest BCUT2D eigenvalue weighted by atomic mass is 35.5. The van der Waals surface area contributed by atoms with Crippen LogP contribution < -0.4 is 0 Å². The normalized spacial score (nSPS) is 11.8. The van der Waals surface area contributed by atoms with Crippen LogP contribution in [0, 0.1) is 0 Å². The average Bonchev–Trinajstić information content (AvgIpc) is 3.15. The molecular weight excluding hydrogens is 393 g/mol. The van der Waals surface area contributed by atoms with Crippen molar-refractivity contribution in [1.82, 2.24) is 20.0 Å². The van der Waals surface area contributed by atoms with E-state index in [4.69, 9.17) is 11.6 Å². The van der Waals surface area contributed by atoms with E-state index in [1.807, 2.05) is 12.0 Å². The summed E-state index contributed by atoms with van der Waals surface area (Å²) in [5.74, 6) is -0.570. The Morgan fingerprint density at radius 3 is 2.46 bits per heavy atom. The molecule has 0 spiro atoms. The molecule has 1 N–H and O–H groups in total. The number of benzene rings is 1. The first kappa shape index (κ1) is 22.2. The van der Waals surface area contributed by atoms with Gasteiger partial charge < -0.3 is 9.80 Å². The number of amides is 1. The molecule has 1 amide bonds. The van der Waals surface area contributed by atoms with Crippen molar-refractivity contribution >= 4 is 17.5 Å². The van der Waals surface area contributed by atoms with E-state index >= 15 is 0 Å². The van der Waals surface area contributed by atoms with Crippen LogP contribution in [0.25, 0.3) is 0 Å². The number of hydrogen-bond donors (Lipinski definition) is 1. The molecule has 0 atom stereocenters. The Kier molecular flexibility index (Phi) is 7.88. The first-order valence-corrected chi connectivity index (χ1v) is 9.51. The number of carbonyl (C=O) groups is 1. The molecule has 0 bridgehead atoms. The molecular formula is C19H24ClF3N4O. The summed E-state index contributed by atoms with van der Waals surface area (Å²) in [6, 6.07) is 7.83. The van der Waals surface area contributed by atoms with Gasteiger partial charge in [-0.3, -0.25) is 9.89 Å². The lowest BCUT2D eigenvalue weighted by Crippen LogP contribution is -2.39. The number of alkyl halides is 3. The predicted molar refractivity (Wildman–Crippen MR) is 102 cm³/mol. The van der Waals surface area contributed by atoms with Crippen LogP contribution in [0.5, 0.6) is 0 Å². The van der Waals surface area contributed by atoms with Crippen molar-refractivity contribution in [3.63, 3.8) is 0 Å². The summed E-state index contributed by atoms with van der Waals surface area (Å²) in [6.45, 7) is 6.95. The van der Waals surface area contributed by atoms with Gasteiger partial charge in [0.2, 0.25) is 0 Å². The SMILES string of the molecule is CCCN(CC)CCN(Cc1ccccc1Cl)C(=O)c1cc(C(F)(F)F)[nH]n1. The summed E-state index contributed by atoms with van der Waals surface area (Å²) in [6.07, 6.45) is -3.61. The van der Waals surface area contributed by atoms with Crippen LogP contribution in [0.2, 0.25) is 5.02 Å². The third kappa shape index (κ3) is 5.97. The standard InChI is InChI=1S/C19H24ClF3N4O/c1-3-9-26(4-2)10-11-27(13-14-7-5-6-8-15(14)20)18(28)16-12-17(25-24-16)19(21,22)23/h5-8,12H,3-4,9-11,13H2,1-2H3,(H,24,25). The Hall–Kier alpha value is -2.06. The first-order chi connectivity index (χ1) is 13.3. The highest BCUT2D eigenvalue weighted by Crippen LogP contribution is 2.28. The zero-order valence-corrected chi connectivity index (χ0v) is 16.6. The van der Waals surface area contributed by atoms with Gasteiger partial charge in [0.05, 0.1) is 0 Å². The number of halogens is 4. The van der Waals surface area contributed by atoms with Crippen LogP contribution in [0.15, 0.2) is 30.3 Å². The smallest absolute Gasteiger partial charge is 0.332 e. The van der Waals surface area contributed by atoms with Crippen molar-refractivity contribution in [2.24, 2.45) is 0 Å². The van der Waals surface area contributed by atoms with Gasteiger partial charge in [-0.05, 0) is 31.1 Å². The molecule has 0 aliphatic rings. The Bertz CT molecular complexity index is 779. The second kappa shape index (κ2) is 9.93. The van der Waals surface area contributed by atoms with E-state index in [2.05, 4.69) is 16.9 Å². The number of aromatic amines is 1. The van der Waals surface area contributed by atoms with Crippen LogP contribution in [-0.4, -0.2) is 52.1 Å². The predicted octanol–water partition coefficient (Wildman–Crippen LogP) is 4.46. The zero-order chi connectivity index (χ0) is 20.7. The van der Waals surface area contributed by atoms with Gasteiger partial charge >= 0.3 is 6.18 Å². The highest BCUT2D eigenvalue weighted by Gasteiger charge is 2.34. The highest BCUT2D eigenvalue weighted by molar-refractivity contribution is 6.31. The maximum atomic E-state index is 12.9. The quantitative estimate of drug-likeness (QED) is 0.656. The molecule has 0 unspecified atom stereocenters. The maximum absolute atomic E-state index is 12.9. The summed E-state index contributed by atoms with van der Waals surface area (Å²) < 4.78 is 38.5. The molecule has 0 aliphatic heterocycles. The van der Waals surface area contributed by atoms with Crippen molar-refractivity contribution < 1.29 is 18.0 Å². The topological polar surface area (TPSA) is 52.2 Å². The number of H-pyrrole nitrogens is 1. The summed E-state index contributed by atoms with van der Waals surface area (Å²) in [5.41, 5.74) is -0.588. The fourth-order valence-electron chi connectivity index (χ4n) is 2.83. The lowest BCUT2D eigenvalue weighted by atomic mass is 10.2. The number of likely N-dealkylation sites (N-methyl/N-ethyl adjacent to an activating group) is 1. The van der Waals surface area contributed by atoms with Crippen LogP contribution >= 0.6 is 11.6 Å². The van der Waals surface area contributed by atoms with Crippen LogP contribution in [0.1, 0.15) is 42.0 Å². The van der Waals surface area contributed by atoms with E-state index in [1.54, 1.807) is 24.3 Å². The van der Waals surface area contributed by atoms with Crippen molar-refractivity contribution in [3.8, 4) is 0 Å². The summed E-state index contributed by atoms with van der Waals surface area (Å²) in [5, 5.41) is 5.96. The molecule has 1 heterocycles. The van der Waals surface area contributed by atoms with Gasteiger partial charge in [-0.2, -0.15) is 18.3 Å². The lowest BCUT2D eigenvalue weighted by molar-refractivity contribution is -0.141. The Labute approximate surface area is 167 Å². The van der Waals surface area contributed by atoms with E-state index in [-0.39, 0.29) is 12.2 Å². The molecule has 0 radical (unpaired) electrons. The second-order valence-electron chi connectivity index (χ2n) is 6.42. The van der Waals surface area contributed by atoms with Gasteiger partial charge in [0.15, 0.2) is 5.69 Å². The molecule has 0 saturated heterocycles. The fourth-order valence-corrected chi connectivity index (χ4v) is 3.03. The minimum atomic E-state index is -4.58. The van der Waals surface area contributed by atoms with Gasteiger partial charge in [0, 0.05) is 30.7 Å². The van der Waals surface area contributed by atoms with Gasteiger partial charge in [-0.1, -0.05) is 43.6 Å². The first-order valence-electron chi connectivity index (χ1n) is 9.13. The molecule has 154 valence electrons. The molecule has 0 aliphatic carbocycles. The molecule has 2 aromatic rings. The van der Waals surface area contributed by atoms with Gasteiger partial charge in [0.1, 0.15) is 5.69 Å². The number of rotatable bonds is 9. The van der Waals surface area contributed by atoms with Crippen LogP contribution in [-0.2, 0) is 12.7 Å². The van der Waals surface area contributed by atoms with E-state index in [0.29, 0.717) is 18.1 Å².